The zero-order valence-electron chi connectivity index (χ0n) is 46.4. The minimum atomic E-state index is -0.624. The second-order valence-electron chi connectivity index (χ2n) is 21.8. The number of aromatic nitrogens is 7. The zero-order chi connectivity index (χ0) is 55.8. The number of piperidine rings is 2. The summed E-state index contributed by atoms with van der Waals surface area (Å²) in [7, 11) is 3.28. The van der Waals surface area contributed by atoms with E-state index < -0.39 is 11.7 Å². The van der Waals surface area contributed by atoms with Crippen LogP contribution < -0.4 is 15.0 Å². The van der Waals surface area contributed by atoms with Gasteiger partial charge in [-0.1, -0.05) is 39.0 Å². The summed E-state index contributed by atoms with van der Waals surface area (Å²) >= 11 is 0. The Morgan fingerprint density at radius 1 is 0.900 bits per heavy atom. The van der Waals surface area contributed by atoms with Gasteiger partial charge in [0, 0.05) is 62.8 Å². The summed E-state index contributed by atoms with van der Waals surface area (Å²) in [4.78, 5) is 56.6. The van der Waals surface area contributed by atoms with Crippen molar-refractivity contribution < 1.29 is 42.5 Å². The van der Waals surface area contributed by atoms with Gasteiger partial charge in [-0.2, -0.15) is 20.2 Å². The molecule has 10 heterocycles. The molecule has 6 aliphatic rings. The van der Waals surface area contributed by atoms with Crippen LogP contribution in [-0.4, -0.2) is 139 Å². The number of ether oxygens (including phenoxy) is 3. The molecule has 0 radical (unpaired) electrons. The van der Waals surface area contributed by atoms with E-state index in [4.69, 9.17) is 34.3 Å². The number of halogens is 2. The van der Waals surface area contributed by atoms with Crippen LogP contribution in [0, 0.1) is 11.6 Å². The van der Waals surface area contributed by atoms with Gasteiger partial charge in [-0.25, -0.2) is 18.6 Å². The van der Waals surface area contributed by atoms with Crippen molar-refractivity contribution in [1.29, 1.82) is 0 Å². The van der Waals surface area contributed by atoms with Gasteiger partial charge in [0.2, 0.25) is 11.8 Å². The number of carbonyl (C=O) groups is 3. The number of anilines is 1. The lowest BCUT2D eigenvalue weighted by molar-refractivity contribution is -0.134. The van der Waals surface area contributed by atoms with Crippen LogP contribution in [0.2, 0.25) is 0 Å². The first kappa shape index (κ1) is 54.6. The molecule has 5 saturated heterocycles. The Kier molecular flexibility index (Phi) is 15.7. The van der Waals surface area contributed by atoms with Crippen LogP contribution in [-0.2, 0) is 45.5 Å². The number of hydrogen-bond donors (Lipinski definition) is 2. The van der Waals surface area contributed by atoms with Gasteiger partial charge in [0.05, 0.1) is 65.7 Å². The minimum Gasteiger partial charge on any atom is -0.508 e. The number of nitrogens with zero attached hydrogens (tertiary/aromatic N) is 10. The van der Waals surface area contributed by atoms with Gasteiger partial charge in [-0.3, -0.25) is 29.2 Å². The lowest BCUT2D eigenvalue weighted by atomic mass is 9.92. The summed E-state index contributed by atoms with van der Waals surface area (Å²) in [6.45, 7) is 12.4. The molecule has 5 fully saturated rings. The van der Waals surface area contributed by atoms with Crippen molar-refractivity contribution in [3.05, 3.63) is 94.6 Å². The highest BCUT2D eigenvalue weighted by Gasteiger charge is 2.45. The number of methoxy groups -OCH3 is 1. The number of nitrogens with one attached hydrogen (secondary N) is 1. The molecule has 2 atom stereocenters. The van der Waals surface area contributed by atoms with Crippen molar-refractivity contribution >= 4 is 56.3 Å². The quantitative estimate of drug-likeness (QED) is 0.130. The Morgan fingerprint density at radius 2 is 1.70 bits per heavy atom. The average molecular weight is 1100 g/mol. The van der Waals surface area contributed by atoms with Gasteiger partial charge < -0.3 is 29.1 Å². The number of aryl methyl sites for hydroxylation is 3. The first-order valence-corrected chi connectivity index (χ1v) is 28.6. The van der Waals surface area contributed by atoms with E-state index in [0.29, 0.717) is 116 Å². The van der Waals surface area contributed by atoms with E-state index in [9.17, 15) is 19.5 Å². The summed E-state index contributed by atoms with van der Waals surface area (Å²) < 4.78 is 52.9. The molecule has 422 valence electrons. The molecule has 4 aromatic heterocycles. The van der Waals surface area contributed by atoms with Crippen molar-refractivity contribution in [2.24, 2.45) is 7.05 Å². The molecule has 0 bridgehead atoms. The molecule has 6 aliphatic heterocycles. The number of fused-ring (bicyclic) bond motifs is 5. The fourth-order valence-corrected chi connectivity index (χ4v) is 13.2. The average Bonchev–Trinajstić information content (AvgIpc) is 4.26. The predicted octanol–water partition coefficient (Wildman–Crippen LogP) is 9.25. The van der Waals surface area contributed by atoms with Crippen LogP contribution in [0.4, 0.5) is 19.4 Å². The maximum Gasteiger partial charge on any atom is 0.409 e. The van der Waals surface area contributed by atoms with Crippen LogP contribution in [0.5, 0.6) is 11.8 Å². The highest BCUT2D eigenvalue weighted by Crippen LogP contribution is 2.44. The second kappa shape index (κ2) is 23.0. The summed E-state index contributed by atoms with van der Waals surface area (Å²) in [6, 6.07) is 14.5. The maximum absolute atomic E-state index is 17.0. The number of aromatic hydroxyl groups is 1. The van der Waals surface area contributed by atoms with E-state index in [1.807, 2.05) is 50.8 Å². The van der Waals surface area contributed by atoms with E-state index in [1.165, 1.54) is 19.2 Å². The van der Waals surface area contributed by atoms with E-state index >= 15 is 8.78 Å². The zero-order valence-corrected chi connectivity index (χ0v) is 46.4. The first-order valence-electron chi connectivity index (χ1n) is 28.6. The topological polar surface area (TPSA) is 195 Å². The fraction of sp³-hybridized carbons (Fsp3) is 0.500. The summed E-state index contributed by atoms with van der Waals surface area (Å²) in [5, 5.41) is 25.2. The number of phenols is 1. The molecule has 0 spiro atoms. The highest BCUT2D eigenvalue weighted by molar-refractivity contribution is 6.04. The third-order valence-electron chi connectivity index (χ3n) is 17.2. The van der Waals surface area contributed by atoms with Crippen molar-refractivity contribution in [3.8, 4) is 23.0 Å². The van der Waals surface area contributed by atoms with Crippen LogP contribution in [0.25, 0.3) is 43.8 Å². The molecule has 20 heteroatoms. The van der Waals surface area contributed by atoms with Gasteiger partial charge in [-0.15, -0.1) is 0 Å². The standard InChI is InChI=1S/C34H37F2N5O3.C24H28N6O4.C2H6/c1-2-23-25(35)8-6-20-16-22(42)17-24(27(20)23)30-29(36)31-28-26(37-30)9-7-21-18-43-15-5-14-41(21)32(28)39-33(38-31)44-19-34-10-3-12-40(34)13-4-11-34;1-28-20-13-15(3-4-17(20)22(27-28)18-5-6-21(31)25-23(18)32)14-30-12-9-19(26-30)16-7-10-29(11-8-16)24(33)34-2;1-2/h6,8,16-17,21,42H,2-5,7,9-15,18-19H2,1H3;3-4,9,12-13,16,18H,5-8,10-11,14H2,1-2H3,(H,25,31,32);1-2H3. The summed E-state index contributed by atoms with van der Waals surface area (Å²) in [6.07, 6.45) is 11.3. The number of benzene rings is 3. The van der Waals surface area contributed by atoms with Crippen LogP contribution in [0.15, 0.2) is 54.7 Å². The highest BCUT2D eigenvalue weighted by atomic mass is 19.1. The molecule has 80 heavy (non-hydrogen) atoms. The Labute approximate surface area is 463 Å². The fourth-order valence-electron chi connectivity index (χ4n) is 13.2. The number of carbonyl (C=O) groups excluding carboxylic acids is 3. The third kappa shape index (κ3) is 10.4. The van der Waals surface area contributed by atoms with Crippen LogP contribution >= 0.6 is 0 Å². The van der Waals surface area contributed by atoms with E-state index in [2.05, 4.69) is 32.3 Å². The number of phenolic OH excluding ortho intramolecular Hbond substituents is 1. The van der Waals surface area contributed by atoms with E-state index in [1.54, 1.807) is 21.7 Å². The number of hydrogen-bond acceptors (Lipinski definition) is 14. The van der Waals surface area contributed by atoms with Gasteiger partial charge in [-0.05, 0) is 136 Å². The van der Waals surface area contributed by atoms with Gasteiger partial charge in [0.15, 0.2) is 5.82 Å². The summed E-state index contributed by atoms with van der Waals surface area (Å²) in [5.41, 5.74) is 5.47. The Bertz CT molecular complexity index is 3480. The third-order valence-corrected chi connectivity index (χ3v) is 17.2. The first-order chi connectivity index (χ1) is 38.9. The lowest BCUT2D eigenvalue weighted by Crippen LogP contribution is -2.43. The molecule has 0 aliphatic carbocycles. The summed E-state index contributed by atoms with van der Waals surface area (Å²) in [5.74, 6) is -0.974. The van der Waals surface area contributed by atoms with E-state index in [0.717, 1.165) is 93.2 Å². The molecular weight excluding hydrogens is 1020 g/mol. The Hall–Kier alpha value is -7.32. The molecule has 18 nitrogen and oxygen atoms in total. The molecule has 3 amide bonds. The largest absolute Gasteiger partial charge is 0.508 e. The molecule has 2 unspecified atom stereocenters. The number of rotatable bonds is 9. The number of imide groups is 1. The number of likely N-dealkylation sites (tertiary alicyclic amines) is 1. The maximum atomic E-state index is 17.0. The molecular formula is C60H71F2N11O7. The molecule has 3 aromatic carbocycles. The van der Waals surface area contributed by atoms with Gasteiger partial charge in [0.1, 0.15) is 35.2 Å². The second-order valence-corrected chi connectivity index (χ2v) is 21.8. The Morgan fingerprint density at radius 3 is 2.46 bits per heavy atom. The van der Waals surface area contributed by atoms with Crippen molar-refractivity contribution in [2.45, 2.75) is 128 Å². The molecule has 7 aromatic rings. The smallest absolute Gasteiger partial charge is 0.409 e. The SMILES string of the molecule is CC.CCc1c(F)ccc2cc(O)cc(-c3nc4c5c(nc(OCC67CCCN6CCC7)nc5c3F)N3CCCOCC3CC4)c12.COC(=O)N1CCC(c2ccn(Cc3ccc4c(C5CCC(=O)NC5=O)nn(C)c4c3)n2)CC1. The number of pyridine rings is 1. The van der Waals surface area contributed by atoms with Gasteiger partial charge in [0.25, 0.3) is 0 Å². The predicted molar refractivity (Wildman–Crippen MR) is 299 cm³/mol. The monoisotopic (exact) mass is 1100 g/mol. The normalized spacial score (nSPS) is 20.1. The van der Waals surface area contributed by atoms with Crippen molar-refractivity contribution in [1.82, 2.24) is 49.6 Å². The number of amides is 3. The van der Waals surface area contributed by atoms with Gasteiger partial charge >= 0.3 is 12.1 Å². The van der Waals surface area contributed by atoms with Crippen molar-refractivity contribution in [2.75, 3.05) is 64.6 Å². The lowest BCUT2D eigenvalue weighted by Gasteiger charge is -2.32. The minimum absolute atomic E-state index is 0.0143. The Balaban J connectivity index is 0.000000169. The molecule has 0 saturated carbocycles. The molecule has 13 rings (SSSR count). The van der Waals surface area contributed by atoms with Crippen LogP contribution in [0.3, 0.4) is 0 Å². The van der Waals surface area contributed by atoms with Crippen LogP contribution in [0.1, 0.15) is 125 Å². The van der Waals surface area contributed by atoms with Crippen molar-refractivity contribution in [3.63, 3.8) is 0 Å². The molecule has 2 N–H and O–H groups in total. The van der Waals surface area contributed by atoms with E-state index in [-0.39, 0.29) is 58.3 Å².